The van der Waals surface area contributed by atoms with Gasteiger partial charge in [0.25, 0.3) is 0 Å². The number of likely N-dealkylation sites (N-methyl/N-ethyl adjacent to an activating group) is 1. The predicted octanol–water partition coefficient (Wildman–Crippen LogP) is 2.51. The molecule has 1 aliphatic carbocycles. The number of nitrogens with one attached hydrogen (secondary N) is 1. The van der Waals surface area contributed by atoms with Crippen LogP contribution in [0.3, 0.4) is 0 Å². The maximum absolute atomic E-state index is 6.42. The van der Waals surface area contributed by atoms with Gasteiger partial charge in [-0.25, -0.2) is 4.98 Å². The van der Waals surface area contributed by atoms with Crippen molar-refractivity contribution in [2.75, 3.05) is 13.6 Å². The van der Waals surface area contributed by atoms with Crippen LogP contribution in [0.4, 0.5) is 0 Å². The molecule has 1 saturated carbocycles. The Balaban J connectivity index is 1.96. The first-order valence-corrected chi connectivity index (χ1v) is 6.59. The van der Waals surface area contributed by atoms with E-state index in [-0.39, 0.29) is 0 Å². The van der Waals surface area contributed by atoms with Gasteiger partial charge in [0.05, 0.1) is 5.69 Å². The molecule has 88 valence electrons. The number of imidazole rings is 1. The molecule has 0 amide bonds. The van der Waals surface area contributed by atoms with Crippen molar-refractivity contribution >= 4 is 11.6 Å². The van der Waals surface area contributed by atoms with Gasteiger partial charge in [0.1, 0.15) is 11.0 Å². The highest BCUT2D eigenvalue weighted by atomic mass is 35.5. The third kappa shape index (κ3) is 1.66. The summed E-state index contributed by atoms with van der Waals surface area (Å²) in [5, 5.41) is 4.17. The zero-order chi connectivity index (χ0) is 11.1. The Bertz CT molecular complexity index is 395. The van der Waals surface area contributed by atoms with Crippen molar-refractivity contribution in [3.63, 3.8) is 0 Å². The Labute approximate surface area is 101 Å². The predicted molar refractivity (Wildman–Crippen MR) is 65.1 cm³/mol. The molecule has 4 heteroatoms. The third-order valence-electron chi connectivity index (χ3n) is 3.67. The van der Waals surface area contributed by atoms with E-state index in [1.54, 1.807) is 0 Å². The number of hydrogen-bond acceptors (Lipinski definition) is 2. The highest BCUT2D eigenvalue weighted by Gasteiger charge is 2.33. The summed E-state index contributed by atoms with van der Waals surface area (Å²) in [5.74, 6) is 2.41. The van der Waals surface area contributed by atoms with Gasteiger partial charge in [0, 0.05) is 24.9 Å². The van der Waals surface area contributed by atoms with Crippen LogP contribution in [0.15, 0.2) is 0 Å². The van der Waals surface area contributed by atoms with Crippen LogP contribution in [0.5, 0.6) is 0 Å². The lowest BCUT2D eigenvalue weighted by Crippen LogP contribution is -2.24. The van der Waals surface area contributed by atoms with Gasteiger partial charge >= 0.3 is 0 Å². The molecule has 0 spiro atoms. The van der Waals surface area contributed by atoms with Crippen LogP contribution >= 0.6 is 11.6 Å². The standard InChI is InChI=1S/C12H18ClN3/c1-14-7-9-3-2-6-16-11(13)10(8-4-5-8)15-12(9)16/h8-9,14H,2-7H2,1H3. The van der Waals surface area contributed by atoms with Gasteiger partial charge in [0.15, 0.2) is 0 Å². The third-order valence-corrected chi connectivity index (χ3v) is 4.07. The topological polar surface area (TPSA) is 29.9 Å². The quantitative estimate of drug-likeness (QED) is 0.879. The van der Waals surface area contributed by atoms with Gasteiger partial charge in [-0.05, 0) is 32.7 Å². The van der Waals surface area contributed by atoms with Gasteiger partial charge in [0.2, 0.25) is 0 Å². The van der Waals surface area contributed by atoms with Crippen LogP contribution in [0.25, 0.3) is 0 Å². The van der Waals surface area contributed by atoms with Gasteiger partial charge in [-0.15, -0.1) is 0 Å². The summed E-state index contributed by atoms with van der Waals surface area (Å²) >= 11 is 6.42. The fraction of sp³-hybridized carbons (Fsp3) is 0.750. The van der Waals surface area contributed by atoms with E-state index in [9.17, 15) is 0 Å². The number of hydrogen-bond donors (Lipinski definition) is 1. The highest BCUT2D eigenvalue weighted by Crippen LogP contribution is 2.44. The van der Waals surface area contributed by atoms with E-state index in [1.807, 2.05) is 7.05 Å². The van der Waals surface area contributed by atoms with E-state index in [1.165, 1.54) is 37.2 Å². The first-order valence-electron chi connectivity index (χ1n) is 6.21. The number of aromatic nitrogens is 2. The normalized spacial score (nSPS) is 24.5. The lowest BCUT2D eigenvalue weighted by Gasteiger charge is -2.23. The monoisotopic (exact) mass is 239 g/mol. The van der Waals surface area contributed by atoms with E-state index in [4.69, 9.17) is 16.6 Å². The maximum Gasteiger partial charge on any atom is 0.132 e. The van der Waals surface area contributed by atoms with E-state index in [0.29, 0.717) is 11.8 Å². The highest BCUT2D eigenvalue weighted by molar-refractivity contribution is 6.30. The van der Waals surface area contributed by atoms with Crippen LogP contribution in [0, 0.1) is 0 Å². The molecule has 0 bridgehead atoms. The number of fused-ring (bicyclic) bond motifs is 1. The minimum Gasteiger partial charge on any atom is -0.319 e. The Morgan fingerprint density at radius 1 is 1.44 bits per heavy atom. The molecular weight excluding hydrogens is 222 g/mol. The van der Waals surface area contributed by atoms with Crippen molar-refractivity contribution in [3.8, 4) is 0 Å². The summed E-state index contributed by atoms with van der Waals surface area (Å²) < 4.78 is 2.24. The van der Waals surface area contributed by atoms with Gasteiger partial charge < -0.3 is 9.88 Å². The number of nitrogens with zero attached hydrogens (tertiary/aromatic N) is 2. The first kappa shape index (κ1) is 10.6. The minimum absolute atomic E-state index is 0.545. The van der Waals surface area contributed by atoms with Crippen molar-refractivity contribution in [3.05, 3.63) is 16.7 Å². The van der Waals surface area contributed by atoms with E-state index in [0.717, 1.165) is 18.2 Å². The molecule has 3 rings (SSSR count). The van der Waals surface area contributed by atoms with Gasteiger partial charge in [-0.3, -0.25) is 0 Å². The Hall–Kier alpha value is -0.540. The summed E-state index contributed by atoms with van der Waals surface area (Å²) in [6, 6.07) is 0. The van der Waals surface area contributed by atoms with Crippen molar-refractivity contribution in [2.24, 2.45) is 0 Å². The molecule has 1 aliphatic heterocycles. The molecule has 16 heavy (non-hydrogen) atoms. The molecule has 1 aromatic rings. The Morgan fingerprint density at radius 2 is 2.25 bits per heavy atom. The molecular formula is C12H18ClN3. The lowest BCUT2D eigenvalue weighted by atomic mass is 9.99. The van der Waals surface area contributed by atoms with Crippen LogP contribution < -0.4 is 5.32 Å². The molecule has 3 nitrogen and oxygen atoms in total. The average Bonchev–Trinajstić information content (AvgIpc) is 3.06. The number of halogens is 1. The number of rotatable bonds is 3. The first-order chi connectivity index (χ1) is 7.81. The van der Waals surface area contributed by atoms with E-state index in [2.05, 4.69) is 9.88 Å². The van der Waals surface area contributed by atoms with E-state index >= 15 is 0 Å². The molecule has 0 radical (unpaired) electrons. The zero-order valence-corrected chi connectivity index (χ0v) is 10.4. The summed E-state index contributed by atoms with van der Waals surface area (Å²) in [7, 11) is 2.01. The van der Waals surface area contributed by atoms with Crippen molar-refractivity contribution in [2.45, 2.75) is 44.1 Å². The lowest BCUT2D eigenvalue weighted by molar-refractivity contribution is 0.432. The fourth-order valence-corrected chi connectivity index (χ4v) is 3.04. The van der Waals surface area contributed by atoms with E-state index < -0.39 is 0 Å². The molecule has 1 fully saturated rings. The van der Waals surface area contributed by atoms with Crippen LogP contribution in [-0.2, 0) is 6.54 Å². The molecule has 2 aliphatic rings. The SMILES string of the molecule is CNCC1CCCn2c1nc(C1CC1)c2Cl. The summed E-state index contributed by atoms with van der Waals surface area (Å²) in [6.45, 7) is 2.06. The minimum atomic E-state index is 0.545. The van der Waals surface area contributed by atoms with Crippen molar-refractivity contribution in [1.82, 2.24) is 14.9 Å². The Morgan fingerprint density at radius 3 is 2.94 bits per heavy atom. The second-order valence-corrected chi connectivity index (χ2v) is 5.33. The second kappa shape index (κ2) is 4.04. The van der Waals surface area contributed by atoms with Crippen LogP contribution in [0.2, 0.25) is 5.15 Å². The van der Waals surface area contributed by atoms with Crippen LogP contribution in [-0.4, -0.2) is 23.1 Å². The zero-order valence-electron chi connectivity index (χ0n) is 9.67. The molecule has 0 aromatic carbocycles. The smallest absolute Gasteiger partial charge is 0.132 e. The largest absolute Gasteiger partial charge is 0.319 e. The Kier molecular flexibility index (Phi) is 2.68. The molecule has 1 N–H and O–H groups in total. The molecule has 1 aromatic heterocycles. The average molecular weight is 240 g/mol. The van der Waals surface area contributed by atoms with Gasteiger partial charge in [-0.1, -0.05) is 11.6 Å². The molecule has 1 unspecified atom stereocenters. The summed E-state index contributed by atoms with van der Waals surface area (Å²) in [6.07, 6.45) is 5.00. The molecule has 1 atom stereocenters. The van der Waals surface area contributed by atoms with Crippen molar-refractivity contribution < 1.29 is 0 Å². The fourth-order valence-electron chi connectivity index (χ4n) is 2.67. The molecule has 2 heterocycles. The van der Waals surface area contributed by atoms with Crippen LogP contribution in [0.1, 0.15) is 49.0 Å². The molecule has 0 saturated heterocycles. The second-order valence-electron chi connectivity index (χ2n) is 4.97. The van der Waals surface area contributed by atoms with Crippen molar-refractivity contribution in [1.29, 1.82) is 0 Å². The summed E-state index contributed by atoms with van der Waals surface area (Å²) in [4.78, 5) is 4.80. The maximum atomic E-state index is 6.42. The summed E-state index contributed by atoms with van der Waals surface area (Å²) in [5.41, 5.74) is 1.17. The van der Waals surface area contributed by atoms with Gasteiger partial charge in [-0.2, -0.15) is 0 Å².